The highest BCUT2D eigenvalue weighted by Crippen LogP contribution is 2.44. The van der Waals surface area contributed by atoms with Gasteiger partial charge in [-0.3, -0.25) is 24.6 Å². The first-order valence-electron chi connectivity index (χ1n) is 10.5. The summed E-state index contributed by atoms with van der Waals surface area (Å²) in [4.78, 5) is 38.2. The third-order valence-electron chi connectivity index (χ3n) is 5.42. The molecule has 1 unspecified atom stereocenters. The Kier molecular flexibility index (Phi) is 6.36. The summed E-state index contributed by atoms with van der Waals surface area (Å²) in [6, 6.07) is 17.0. The molecule has 0 aliphatic carbocycles. The van der Waals surface area contributed by atoms with Crippen molar-refractivity contribution < 1.29 is 24.0 Å². The summed E-state index contributed by atoms with van der Waals surface area (Å²) in [5, 5.41) is 30.4. The minimum Gasteiger partial charge on any atom is -0.503 e. The summed E-state index contributed by atoms with van der Waals surface area (Å²) in [5.41, 5.74) is 1.10. The van der Waals surface area contributed by atoms with Crippen molar-refractivity contribution in [2.45, 2.75) is 16.1 Å². The molecule has 1 amide bonds. The number of rotatable bonds is 8. The molecular formula is C24H16N4O6S2. The van der Waals surface area contributed by atoms with Crippen LogP contribution in [-0.4, -0.2) is 31.9 Å². The second kappa shape index (κ2) is 9.76. The van der Waals surface area contributed by atoms with Gasteiger partial charge in [0, 0.05) is 17.9 Å². The number of thioether (sulfide) groups is 1. The number of benzene rings is 2. The second-order valence-corrected chi connectivity index (χ2v) is 9.80. The van der Waals surface area contributed by atoms with Crippen LogP contribution in [0.15, 0.2) is 93.1 Å². The van der Waals surface area contributed by atoms with Gasteiger partial charge in [-0.05, 0) is 35.4 Å². The number of nitro groups is 1. The molecule has 2 aromatic carbocycles. The summed E-state index contributed by atoms with van der Waals surface area (Å²) in [7, 11) is 0. The van der Waals surface area contributed by atoms with E-state index in [1.165, 1.54) is 59.3 Å². The summed E-state index contributed by atoms with van der Waals surface area (Å²) in [6.07, 6.45) is 1.31. The van der Waals surface area contributed by atoms with Gasteiger partial charge in [-0.15, -0.1) is 10.2 Å². The predicted octanol–water partition coefficient (Wildman–Crippen LogP) is 5.11. The third-order valence-corrected chi connectivity index (χ3v) is 7.55. The van der Waals surface area contributed by atoms with Crippen molar-refractivity contribution in [3.05, 3.63) is 111 Å². The van der Waals surface area contributed by atoms with E-state index in [4.69, 9.17) is 4.42 Å². The smallest absolute Gasteiger partial charge is 0.296 e. The Morgan fingerprint density at radius 2 is 1.86 bits per heavy atom. The molecule has 10 nitrogen and oxygen atoms in total. The number of aliphatic hydroxyl groups is 1. The zero-order valence-electron chi connectivity index (χ0n) is 18.3. The molecule has 1 N–H and O–H groups in total. The Hall–Kier alpha value is -4.29. The number of nitrogens with zero attached hydrogens (tertiary/aromatic N) is 4. The second-order valence-electron chi connectivity index (χ2n) is 7.62. The van der Waals surface area contributed by atoms with Gasteiger partial charge in [0.15, 0.2) is 15.9 Å². The standard InChI is InChI=1S/C24H16N4O6S2/c29-20(17-7-4-12-34-17)18-19(15-8-10-16(11-9-15)28(32)33)27(22(31)21(18)30)23-25-26-24(36-23)35-13-14-5-2-1-3-6-14/h1-12,19,30H,13H2. The van der Waals surface area contributed by atoms with E-state index in [2.05, 4.69) is 10.2 Å². The maximum atomic E-state index is 13.2. The molecule has 4 aromatic rings. The van der Waals surface area contributed by atoms with Crippen molar-refractivity contribution in [2.24, 2.45) is 0 Å². The van der Waals surface area contributed by atoms with E-state index in [1.54, 1.807) is 0 Å². The molecule has 0 saturated heterocycles. The zero-order chi connectivity index (χ0) is 25.2. The number of non-ortho nitro benzene ring substituents is 1. The molecule has 3 heterocycles. The van der Waals surface area contributed by atoms with E-state index >= 15 is 0 Å². The van der Waals surface area contributed by atoms with Gasteiger partial charge >= 0.3 is 0 Å². The van der Waals surface area contributed by atoms with Gasteiger partial charge in [-0.2, -0.15) is 0 Å². The lowest BCUT2D eigenvalue weighted by Gasteiger charge is -2.23. The average Bonchev–Trinajstić information content (AvgIpc) is 3.64. The Morgan fingerprint density at radius 3 is 2.53 bits per heavy atom. The molecule has 1 aliphatic heterocycles. The molecule has 2 aromatic heterocycles. The maximum absolute atomic E-state index is 13.2. The number of Topliss-reactive ketones (excluding diaryl/α,β-unsaturated/α-hetero) is 1. The Bertz CT molecular complexity index is 1470. The van der Waals surface area contributed by atoms with E-state index in [-0.39, 0.29) is 22.2 Å². The van der Waals surface area contributed by atoms with Crippen LogP contribution in [0.1, 0.15) is 27.7 Å². The van der Waals surface area contributed by atoms with Gasteiger partial charge in [0.25, 0.3) is 11.6 Å². The number of aromatic nitrogens is 2. The summed E-state index contributed by atoms with van der Waals surface area (Å²) in [5.74, 6) is -1.67. The summed E-state index contributed by atoms with van der Waals surface area (Å²) < 4.78 is 5.79. The van der Waals surface area contributed by atoms with E-state index in [9.17, 15) is 24.8 Å². The fourth-order valence-corrected chi connectivity index (χ4v) is 5.57. The van der Waals surface area contributed by atoms with Crippen molar-refractivity contribution in [3.8, 4) is 0 Å². The van der Waals surface area contributed by atoms with Crippen LogP contribution in [0, 0.1) is 10.1 Å². The van der Waals surface area contributed by atoms with Crippen LogP contribution in [0.4, 0.5) is 10.8 Å². The third kappa shape index (κ3) is 4.39. The monoisotopic (exact) mass is 520 g/mol. The first-order chi connectivity index (χ1) is 17.4. The lowest BCUT2D eigenvalue weighted by Crippen LogP contribution is -2.31. The highest BCUT2D eigenvalue weighted by molar-refractivity contribution is 8.00. The number of nitro benzene ring substituents is 1. The van der Waals surface area contributed by atoms with Crippen molar-refractivity contribution in [1.82, 2.24) is 10.2 Å². The van der Waals surface area contributed by atoms with Crippen LogP contribution < -0.4 is 4.90 Å². The number of aliphatic hydroxyl groups excluding tert-OH is 1. The lowest BCUT2D eigenvalue weighted by atomic mass is 9.95. The normalized spacial score (nSPS) is 15.5. The highest BCUT2D eigenvalue weighted by atomic mass is 32.2. The van der Waals surface area contributed by atoms with Crippen LogP contribution in [0.2, 0.25) is 0 Å². The first kappa shape index (κ1) is 23.5. The molecule has 0 fully saturated rings. The lowest BCUT2D eigenvalue weighted by molar-refractivity contribution is -0.384. The molecule has 1 atom stereocenters. The molecule has 1 aliphatic rings. The number of hydrogen-bond acceptors (Lipinski definition) is 10. The van der Waals surface area contributed by atoms with Crippen LogP contribution >= 0.6 is 23.1 Å². The van der Waals surface area contributed by atoms with E-state index < -0.39 is 28.4 Å². The molecular weight excluding hydrogens is 504 g/mol. The SMILES string of the molecule is O=C(C1=C(O)C(=O)N(c2nnc(SCc3ccccc3)s2)C1c1ccc([N+](=O)[O-])cc1)c1ccco1. The van der Waals surface area contributed by atoms with E-state index in [0.717, 1.165) is 16.9 Å². The summed E-state index contributed by atoms with van der Waals surface area (Å²) in [6.45, 7) is 0. The minimum absolute atomic E-state index is 0.0607. The van der Waals surface area contributed by atoms with Gasteiger partial charge in [-0.1, -0.05) is 53.4 Å². The molecule has 0 saturated carbocycles. The Balaban J connectivity index is 1.51. The number of ketones is 1. The number of anilines is 1. The quantitative estimate of drug-likeness (QED) is 0.110. The van der Waals surface area contributed by atoms with Gasteiger partial charge in [0.2, 0.25) is 10.9 Å². The van der Waals surface area contributed by atoms with Crippen LogP contribution in [0.3, 0.4) is 0 Å². The van der Waals surface area contributed by atoms with E-state index in [1.807, 2.05) is 30.3 Å². The largest absolute Gasteiger partial charge is 0.503 e. The fraction of sp³-hybridized carbons (Fsp3) is 0.0833. The maximum Gasteiger partial charge on any atom is 0.296 e. The van der Waals surface area contributed by atoms with Crippen LogP contribution in [0.25, 0.3) is 0 Å². The van der Waals surface area contributed by atoms with Crippen molar-refractivity contribution >= 4 is 45.6 Å². The van der Waals surface area contributed by atoms with Gasteiger partial charge in [0.1, 0.15) is 0 Å². The number of carbonyl (C=O) groups is 2. The van der Waals surface area contributed by atoms with Crippen molar-refractivity contribution in [1.29, 1.82) is 0 Å². The molecule has 36 heavy (non-hydrogen) atoms. The van der Waals surface area contributed by atoms with Gasteiger partial charge in [-0.25, -0.2) is 0 Å². The van der Waals surface area contributed by atoms with Crippen molar-refractivity contribution in [2.75, 3.05) is 4.90 Å². The molecule has 5 rings (SSSR count). The van der Waals surface area contributed by atoms with Gasteiger partial charge in [0.05, 0.1) is 22.8 Å². The number of furan rings is 1. The van der Waals surface area contributed by atoms with Crippen molar-refractivity contribution in [3.63, 3.8) is 0 Å². The number of amides is 1. The van der Waals surface area contributed by atoms with Crippen LogP contribution in [0.5, 0.6) is 0 Å². The predicted molar refractivity (Wildman–Crippen MR) is 132 cm³/mol. The topological polar surface area (TPSA) is 140 Å². The molecule has 0 radical (unpaired) electrons. The highest BCUT2D eigenvalue weighted by Gasteiger charge is 2.46. The molecule has 0 bridgehead atoms. The van der Waals surface area contributed by atoms with E-state index in [0.29, 0.717) is 15.7 Å². The number of carbonyl (C=O) groups excluding carboxylic acids is 2. The molecule has 12 heteroatoms. The fourth-order valence-electron chi connectivity index (χ4n) is 3.75. The molecule has 0 spiro atoms. The van der Waals surface area contributed by atoms with Crippen LogP contribution in [-0.2, 0) is 10.5 Å². The first-order valence-corrected chi connectivity index (χ1v) is 12.3. The van der Waals surface area contributed by atoms with Gasteiger partial charge < -0.3 is 9.52 Å². The zero-order valence-corrected chi connectivity index (χ0v) is 19.9. The molecule has 180 valence electrons. The Labute approximate surface area is 212 Å². The minimum atomic E-state index is -1.09. The number of hydrogen-bond donors (Lipinski definition) is 1. The Morgan fingerprint density at radius 1 is 1.11 bits per heavy atom. The average molecular weight is 521 g/mol. The summed E-state index contributed by atoms with van der Waals surface area (Å²) >= 11 is 2.57.